The second-order valence-corrected chi connectivity index (χ2v) is 6.65. The lowest BCUT2D eigenvalue weighted by atomic mass is 10.1. The van der Waals surface area contributed by atoms with E-state index >= 15 is 0 Å². The minimum atomic E-state index is -0.403. The van der Waals surface area contributed by atoms with Crippen LogP contribution < -0.4 is 15.6 Å². The molecule has 3 aromatic rings. The molecule has 0 saturated heterocycles. The predicted octanol–water partition coefficient (Wildman–Crippen LogP) is 3.86. The van der Waals surface area contributed by atoms with Crippen LogP contribution in [0.15, 0.2) is 71.8 Å². The van der Waals surface area contributed by atoms with Crippen molar-refractivity contribution in [3.8, 4) is 0 Å². The number of nitrogens with one attached hydrogen (secondary N) is 2. The van der Waals surface area contributed by atoms with Crippen LogP contribution in [0.4, 0.5) is 11.4 Å². The van der Waals surface area contributed by atoms with Gasteiger partial charge in [-0.2, -0.15) is 5.10 Å². The van der Waals surface area contributed by atoms with Gasteiger partial charge in [-0.25, -0.2) is 5.43 Å². The number of hydrogen-bond donors (Lipinski definition) is 2. The maximum atomic E-state index is 12.3. The Morgan fingerprint density at radius 3 is 2.41 bits per heavy atom. The van der Waals surface area contributed by atoms with Crippen LogP contribution in [0.25, 0.3) is 10.8 Å². The van der Waals surface area contributed by atoms with E-state index in [1.807, 2.05) is 80.5 Å². The Morgan fingerprint density at radius 1 is 1.00 bits per heavy atom. The molecule has 3 rings (SSSR count). The number of fused-ring (bicyclic) bond motifs is 1. The van der Waals surface area contributed by atoms with E-state index in [0.717, 1.165) is 22.3 Å². The van der Waals surface area contributed by atoms with Crippen molar-refractivity contribution >= 4 is 34.3 Å². The van der Waals surface area contributed by atoms with Gasteiger partial charge >= 0.3 is 0 Å². The molecule has 0 heterocycles. The molecule has 1 unspecified atom stereocenters. The van der Waals surface area contributed by atoms with Crippen LogP contribution in [0.1, 0.15) is 12.5 Å². The van der Waals surface area contributed by atoms with Gasteiger partial charge in [-0.1, -0.05) is 42.5 Å². The van der Waals surface area contributed by atoms with E-state index in [1.165, 1.54) is 5.39 Å². The van der Waals surface area contributed by atoms with Crippen molar-refractivity contribution in [2.24, 2.45) is 5.10 Å². The first-order chi connectivity index (χ1) is 13.0. The van der Waals surface area contributed by atoms with Crippen molar-refractivity contribution in [3.05, 3.63) is 72.3 Å². The lowest BCUT2D eigenvalue weighted by Gasteiger charge is -2.14. The smallest absolute Gasteiger partial charge is 0.262 e. The third kappa shape index (κ3) is 4.85. The van der Waals surface area contributed by atoms with Gasteiger partial charge in [0.05, 0.1) is 6.21 Å². The summed E-state index contributed by atoms with van der Waals surface area (Å²) in [6.45, 7) is 1.81. The zero-order valence-electron chi connectivity index (χ0n) is 15.8. The highest BCUT2D eigenvalue weighted by molar-refractivity contribution is 5.89. The second-order valence-electron chi connectivity index (χ2n) is 6.65. The normalized spacial score (nSPS) is 12.1. The lowest BCUT2D eigenvalue weighted by Crippen LogP contribution is -2.34. The summed E-state index contributed by atoms with van der Waals surface area (Å²) in [5.74, 6) is -0.190. The number of anilines is 2. The first-order valence-corrected chi connectivity index (χ1v) is 8.88. The average molecular weight is 360 g/mol. The van der Waals surface area contributed by atoms with E-state index in [2.05, 4.69) is 28.0 Å². The van der Waals surface area contributed by atoms with Gasteiger partial charge < -0.3 is 10.2 Å². The Hall–Kier alpha value is -3.34. The highest BCUT2D eigenvalue weighted by Crippen LogP contribution is 2.19. The minimum Gasteiger partial charge on any atom is -0.378 e. The molecule has 5 heteroatoms. The maximum Gasteiger partial charge on any atom is 0.262 e. The van der Waals surface area contributed by atoms with Crippen LogP contribution in [0, 0.1) is 0 Å². The van der Waals surface area contributed by atoms with Crippen molar-refractivity contribution in [1.82, 2.24) is 5.43 Å². The summed E-state index contributed by atoms with van der Waals surface area (Å²) >= 11 is 0. The monoisotopic (exact) mass is 360 g/mol. The van der Waals surface area contributed by atoms with Crippen LogP contribution in [0.5, 0.6) is 0 Å². The molecule has 2 N–H and O–H groups in total. The van der Waals surface area contributed by atoms with Gasteiger partial charge in [0.15, 0.2) is 0 Å². The van der Waals surface area contributed by atoms with Crippen molar-refractivity contribution in [2.75, 3.05) is 24.3 Å². The Bertz CT molecular complexity index is 948. The first kappa shape index (κ1) is 18.5. The van der Waals surface area contributed by atoms with Crippen molar-refractivity contribution in [1.29, 1.82) is 0 Å². The SMILES string of the molecule is CC(Nc1ccc2ccccc2c1)C(=O)N/N=C/c1ccc(N(C)C)cc1. The zero-order chi connectivity index (χ0) is 19.2. The third-order valence-electron chi connectivity index (χ3n) is 4.32. The van der Waals surface area contributed by atoms with Gasteiger partial charge in [0.1, 0.15) is 6.04 Å². The number of benzene rings is 3. The molecular formula is C22H24N4O. The van der Waals surface area contributed by atoms with Crippen molar-refractivity contribution in [2.45, 2.75) is 13.0 Å². The zero-order valence-corrected chi connectivity index (χ0v) is 15.8. The summed E-state index contributed by atoms with van der Waals surface area (Å²) in [6.07, 6.45) is 1.64. The number of hydrazone groups is 1. The van der Waals surface area contributed by atoms with Crippen LogP contribution in [0.3, 0.4) is 0 Å². The number of carbonyl (C=O) groups is 1. The Balaban J connectivity index is 1.56. The fourth-order valence-corrected chi connectivity index (χ4v) is 2.72. The van der Waals surface area contributed by atoms with Crippen LogP contribution in [-0.2, 0) is 4.79 Å². The molecule has 0 aliphatic carbocycles. The quantitative estimate of drug-likeness (QED) is 0.518. The van der Waals surface area contributed by atoms with E-state index < -0.39 is 6.04 Å². The first-order valence-electron chi connectivity index (χ1n) is 8.88. The summed E-state index contributed by atoms with van der Waals surface area (Å²) in [7, 11) is 3.99. The minimum absolute atomic E-state index is 0.190. The summed E-state index contributed by atoms with van der Waals surface area (Å²) in [5, 5.41) is 9.57. The largest absolute Gasteiger partial charge is 0.378 e. The topological polar surface area (TPSA) is 56.7 Å². The molecular weight excluding hydrogens is 336 g/mol. The number of rotatable bonds is 6. The molecule has 0 aliphatic rings. The maximum absolute atomic E-state index is 12.3. The molecule has 0 aromatic heterocycles. The summed E-state index contributed by atoms with van der Waals surface area (Å²) < 4.78 is 0. The van der Waals surface area contributed by atoms with Gasteiger partial charge in [-0.15, -0.1) is 0 Å². The van der Waals surface area contributed by atoms with Crippen molar-refractivity contribution in [3.63, 3.8) is 0 Å². The molecule has 1 amide bonds. The lowest BCUT2D eigenvalue weighted by molar-refractivity contribution is -0.121. The van der Waals surface area contributed by atoms with Gasteiger partial charge in [0, 0.05) is 25.5 Å². The number of carbonyl (C=O) groups excluding carboxylic acids is 1. The highest BCUT2D eigenvalue weighted by atomic mass is 16.2. The van der Waals surface area contributed by atoms with E-state index in [9.17, 15) is 4.79 Å². The molecule has 0 spiro atoms. The molecule has 0 fully saturated rings. The fourth-order valence-electron chi connectivity index (χ4n) is 2.72. The van der Waals surface area contributed by atoms with Gasteiger partial charge in [-0.3, -0.25) is 4.79 Å². The van der Waals surface area contributed by atoms with Gasteiger partial charge in [0.25, 0.3) is 5.91 Å². The summed E-state index contributed by atoms with van der Waals surface area (Å²) in [4.78, 5) is 14.3. The Labute approximate surface area is 159 Å². The second kappa shape index (κ2) is 8.36. The van der Waals surface area contributed by atoms with Crippen LogP contribution in [-0.4, -0.2) is 32.3 Å². The third-order valence-corrected chi connectivity index (χ3v) is 4.32. The molecule has 138 valence electrons. The van der Waals surface area contributed by atoms with Gasteiger partial charge in [-0.05, 0) is 47.5 Å². The molecule has 0 saturated carbocycles. The van der Waals surface area contributed by atoms with Crippen molar-refractivity contribution < 1.29 is 4.79 Å². The van der Waals surface area contributed by atoms with Crippen LogP contribution >= 0.6 is 0 Å². The van der Waals surface area contributed by atoms with E-state index in [1.54, 1.807) is 6.21 Å². The Kier molecular flexibility index (Phi) is 5.71. The molecule has 27 heavy (non-hydrogen) atoms. The van der Waals surface area contributed by atoms with Crippen LogP contribution in [0.2, 0.25) is 0 Å². The summed E-state index contributed by atoms with van der Waals surface area (Å²) in [6, 6.07) is 21.7. The average Bonchev–Trinajstić information content (AvgIpc) is 2.68. The fraction of sp³-hybridized carbons (Fsp3) is 0.182. The van der Waals surface area contributed by atoms with E-state index in [0.29, 0.717) is 0 Å². The Morgan fingerprint density at radius 2 is 1.70 bits per heavy atom. The predicted molar refractivity (Wildman–Crippen MR) is 114 cm³/mol. The standard InChI is InChI=1S/C22H24N4O/c1-16(24-20-11-10-18-6-4-5-7-19(18)14-20)22(27)25-23-15-17-8-12-21(13-9-17)26(2)3/h4-16,24H,1-3H3,(H,25,27)/b23-15+. The molecule has 0 aliphatic heterocycles. The molecule has 5 nitrogen and oxygen atoms in total. The highest BCUT2D eigenvalue weighted by Gasteiger charge is 2.11. The summed E-state index contributed by atoms with van der Waals surface area (Å²) in [5.41, 5.74) is 5.53. The molecule has 0 bridgehead atoms. The number of amides is 1. The van der Waals surface area contributed by atoms with E-state index in [4.69, 9.17) is 0 Å². The van der Waals surface area contributed by atoms with Gasteiger partial charge in [0.2, 0.25) is 0 Å². The number of hydrogen-bond acceptors (Lipinski definition) is 4. The number of nitrogens with zero attached hydrogens (tertiary/aromatic N) is 2. The molecule has 1 atom stereocenters. The van der Waals surface area contributed by atoms with E-state index in [-0.39, 0.29) is 5.91 Å². The molecule has 0 radical (unpaired) electrons. The molecule has 3 aromatic carbocycles.